The summed E-state index contributed by atoms with van der Waals surface area (Å²) in [6.07, 6.45) is 5.59. The van der Waals surface area contributed by atoms with Crippen LogP contribution in [0.5, 0.6) is 0 Å². The van der Waals surface area contributed by atoms with E-state index in [-0.39, 0.29) is 11.9 Å². The van der Waals surface area contributed by atoms with Gasteiger partial charge < -0.3 is 4.90 Å². The molecule has 1 amide bonds. The Hall–Kier alpha value is -1.75. The number of fused-ring (bicyclic) bond motifs is 1. The lowest BCUT2D eigenvalue weighted by atomic mass is 10.0. The van der Waals surface area contributed by atoms with Crippen molar-refractivity contribution in [1.82, 2.24) is 14.9 Å². The van der Waals surface area contributed by atoms with Crippen LogP contribution < -0.4 is 0 Å². The van der Waals surface area contributed by atoms with Gasteiger partial charge in [-0.05, 0) is 30.4 Å². The summed E-state index contributed by atoms with van der Waals surface area (Å²) in [4.78, 5) is 23.7. The molecule has 1 atom stereocenters. The third-order valence-corrected chi connectivity index (χ3v) is 4.32. The van der Waals surface area contributed by atoms with E-state index in [2.05, 4.69) is 28.3 Å². The second kappa shape index (κ2) is 4.49. The monoisotopic (exact) mass is 259 g/mol. The van der Waals surface area contributed by atoms with Gasteiger partial charge in [-0.15, -0.1) is 11.3 Å². The van der Waals surface area contributed by atoms with Gasteiger partial charge in [0.05, 0.1) is 12.2 Å². The predicted octanol–water partition coefficient (Wildman–Crippen LogP) is 2.30. The minimum atomic E-state index is -0.0348. The fourth-order valence-corrected chi connectivity index (χ4v) is 3.31. The number of carbonyl (C=O) groups is 1. The van der Waals surface area contributed by atoms with Gasteiger partial charge in [0.1, 0.15) is 5.69 Å². The van der Waals surface area contributed by atoms with Gasteiger partial charge in [-0.2, -0.15) is 0 Å². The first-order chi connectivity index (χ1) is 8.77. The number of rotatable bonds is 1. The summed E-state index contributed by atoms with van der Waals surface area (Å²) in [5.41, 5.74) is 1.69. The molecule has 5 heteroatoms. The standard InChI is InChI=1S/C13H13N3OS/c1-9-10-3-7-18-12(10)2-6-16(9)13(17)11-8-14-4-5-15-11/h3-5,7-9H,2,6H2,1H3/t9-/m0/s1. The van der Waals surface area contributed by atoms with Crippen molar-refractivity contribution in [3.05, 3.63) is 46.2 Å². The van der Waals surface area contributed by atoms with Crippen LogP contribution >= 0.6 is 11.3 Å². The van der Waals surface area contributed by atoms with Crippen LogP contribution in [0.3, 0.4) is 0 Å². The minimum Gasteiger partial charge on any atom is -0.330 e. The van der Waals surface area contributed by atoms with Gasteiger partial charge in [0.15, 0.2) is 0 Å². The molecule has 3 rings (SSSR count). The van der Waals surface area contributed by atoms with E-state index < -0.39 is 0 Å². The number of hydrogen-bond acceptors (Lipinski definition) is 4. The predicted molar refractivity (Wildman–Crippen MR) is 69.5 cm³/mol. The molecule has 0 radical (unpaired) electrons. The molecule has 0 bridgehead atoms. The fourth-order valence-electron chi connectivity index (χ4n) is 2.34. The molecule has 92 valence electrons. The summed E-state index contributed by atoms with van der Waals surface area (Å²) in [7, 11) is 0. The van der Waals surface area contributed by atoms with Crippen LogP contribution in [0.1, 0.15) is 33.9 Å². The van der Waals surface area contributed by atoms with Crippen molar-refractivity contribution in [2.45, 2.75) is 19.4 Å². The largest absolute Gasteiger partial charge is 0.330 e. The van der Waals surface area contributed by atoms with Crippen molar-refractivity contribution < 1.29 is 4.79 Å². The van der Waals surface area contributed by atoms with E-state index in [0.717, 1.165) is 13.0 Å². The number of carbonyl (C=O) groups excluding carboxylic acids is 1. The van der Waals surface area contributed by atoms with E-state index >= 15 is 0 Å². The summed E-state index contributed by atoms with van der Waals surface area (Å²) < 4.78 is 0. The van der Waals surface area contributed by atoms with Gasteiger partial charge in [-0.25, -0.2) is 4.98 Å². The molecule has 0 aromatic carbocycles. The Bertz CT molecular complexity index is 567. The van der Waals surface area contributed by atoms with Crippen LogP contribution in [0.4, 0.5) is 0 Å². The number of hydrogen-bond donors (Lipinski definition) is 0. The molecular formula is C13H13N3OS. The van der Waals surface area contributed by atoms with Crippen molar-refractivity contribution >= 4 is 17.2 Å². The third kappa shape index (κ3) is 1.80. The normalized spacial score (nSPS) is 18.5. The molecule has 0 saturated heterocycles. The van der Waals surface area contributed by atoms with Gasteiger partial charge in [0.2, 0.25) is 0 Å². The second-order valence-corrected chi connectivity index (χ2v) is 5.31. The molecule has 2 aromatic rings. The molecule has 18 heavy (non-hydrogen) atoms. The Balaban J connectivity index is 1.89. The highest BCUT2D eigenvalue weighted by Crippen LogP contribution is 2.33. The van der Waals surface area contributed by atoms with E-state index in [1.54, 1.807) is 23.7 Å². The van der Waals surface area contributed by atoms with Crippen molar-refractivity contribution in [3.8, 4) is 0 Å². The molecular weight excluding hydrogens is 246 g/mol. The number of nitrogens with zero attached hydrogens (tertiary/aromatic N) is 3. The molecule has 0 spiro atoms. The van der Waals surface area contributed by atoms with E-state index in [9.17, 15) is 4.79 Å². The molecule has 0 aliphatic carbocycles. The zero-order chi connectivity index (χ0) is 12.5. The van der Waals surface area contributed by atoms with Crippen LogP contribution in [0.2, 0.25) is 0 Å². The van der Waals surface area contributed by atoms with Crippen molar-refractivity contribution in [3.63, 3.8) is 0 Å². The topological polar surface area (TPSA) is 46.1 Å². The number of amides is 1. The van der Waals surface area contributed by atoms with Crippen LogP contribution in [-0.4, -0.2) is 27.3 Å². The Morgan fingerprint density at radius 3 is 3.17 bits per heavy atom. The third-order valence-electron chi connectivity index (χ3n) is 3.32. The fraction of sp³-hybridized carbons (Fsp3) is 0.308. The molecule has 0 saturated carbocycles. The number of aromatic nitrogens is 2. The van der Waals surface area contributed by atoms with Crippen LogP contribution in [-0.2, 0) is 6.42 Å². The first-order valence-electron chi connectivity index (χ1n) is 5.90. The maximum atomic E-state index is 12.4. The lowest BCUT2D eigenvalue weighted by molar-refractivity contribution is 0.0673. The van der Waals surface area contributed by atoms with Gasteiger partial charge in [-0.1, -0.05) is 0 Å². The minimum absolute atomic E-state index is 0.0348. The van der Waals surface area contributed by atoms with Crippen molar-refractivity contribution in [2.24, 2.45) is 0 Å². The maximum Gasteiger partial charge on any atom is 0.274 e. The zero-order valence-corrected chi connectivity index (χ0v) is 10.9. The van der Waals surface area contributed by atoms with Gasteiger partial charge in [-0.3, -0.25) is 9.78 Å². The summed E-state index contributed by atoms with van der Waals surface area (Å²) in [5.74, 6) is -0.0348. The summed E-state index contributed by atoms with van der Waals surface area (Å²) in [6, 6.07) is 2.23. The summed E-state index contributed by atoms with van der Waals surface area (Å²) >= 11 is 1.77. The highest BCUT2D eigenvalue weighted by Gasteiger charge is 2.29. The SMILES string of the molecule is C[C@H]1c2ccsc2CCN1C(=O)c1cnccn1. The second-order valence-electron chi connectivity index (χ2n) is 4.31. The zero-order valence-electron chi connectivity index (χ0n) is 10.0. The first kappa shape index (κ1) is 11.3. The molecule has 1 aliphatic heterocycles. The van der Waals surface area contributed by atoms with Gasteiger partial charge >= 0.3 is 0 Å². The molecule has 4 nitrogen and oxygen atoms in total. The molecule has 0 N–H and O–H groups in total. The smallest absolute Gasteiger partial charge is 0.274 e. The average Bonchev–Trinajstić information content (AvgIpc) is 2.89. The molecule has 0 unspecified atom stereocenters. The maximum absolute atomic E-state index is 12.4. The van der Waals surface area contributed by atoms with Crippen molar-refractivity contribution in [1.29, 1.82) is 0 Å². The van der Waals surface area contributed by atoms with Gasteiger partial charge in [0.25, 0.3) is 5.91 Å². The summed E-state index contributed by atoms with van der Waals surface area (Å²) in [5, 5.41) is 2.09. The Labute approximate surface area is 109 Å². The molecule has 0 fully saturated rings. The van der Waals surface area contributed by atoms with Crippen molar-refractivity contribution in [2.75, 3.05) is 6.54 Å². The van der Waals surface area contributed by atoms with Crippen LogP contribution in [0.15, 0.2) is 30.0 Å². The Morgan fingerprint density at radius 2 is 2.39 bits per heavy atom. The lowest BCUT2D eigenvalue weighted by Crippen LogP contribution is -2.38. The molecule has 3 heterocycles. The van der Waals surface area contributed by atoms with E-state index in [1.807, 2.05) is 4.90 Å². The van der Waals surface area contributed by atoms with E-state index in [4.69, 9.17) is 0 Å². The Morgan fingerprint density at radius 1 is 1.50 bits per heavy atom. The highest BCUT2D eigenvalue weighted by molar-refractivity contribution is 7.10. The van der Waals surface area contributed by atoms with E-state index in [0.29, 0.717) is 5.69 Å². The lowest BCUT2D eigenvalue weighted by Gasteiger charge is -2.33. The molecule has 2 aromatic heterocycles. The average molecular weight is 259 g/mol. The van der Waals surface area contributed by atoms with Gasteiger partial charge in [0, 0.05) is 23.8 Å². The van der Waals surface area contributed by atoms with Crippen LogP contribution in [0, 0.1) is 0 Å². The molecule has 1 aliphatic rings. The van der Waals surface area contributed by atoms with Crippen LogP contribution in [0.25, 0.3) is 0 Å². The Kier molecular flexibility index (Phi) is 2.83. The quantitative estimate of drug-likeness (QED) is 0.789. The first-order valence-corrected chi connectivity index (χ1v) is 6.78. The summed E-state index contributed by atoms with van der Waals surface area (Å²) in [6.45, 7) is 2.82. The van der Waals surface area contributed by atoms with E-state index in [1.165, 1.54) is 16.6 Å². The highest BCUT2D eigenvalue weighted by atomic mass is 32.1. The number of thiophene rings is 1.